The van der Waals surface area contributed by atoms with Crippen LogP contribution in [-0.2, 0) is 28.9 Å². The molecule has 0 aliphatic heterocycles. The van der Waals surface area contributed by atoms with Gasteiger partial charge < -0.3 is 14.8 Å². The van der Waals surface area contributed by atoms with E-state index in [-0.39, 0.29) is 30.6 Å². The summed E-state index contributed by atoms with van der Waals surface area (Å²) in [5, 5.41) is 11.3. The Labute approximate surface area is 209 Å². The van der Waals surface area contributed by atoms with Crippen LogP contribution in [0, 0.1) is 0 Å². The van der Waals surface area contributed by atoms with Crippen LogP contribution in [0.3, 0.4) is 0 Å². The third kappa shape index (κ3) is 7.35. The predicted octanol–water partition coefficient (Wildman–Crippen LogP) is 4.97. The molecule has 0 atom stereocenters. The summed E-state index contributed by atoms with van der Waals surface area (Å²) in [6.07, 6.45) is -2.87. The highest BCUT2D eigenvalue weighted by Gasteiger charge is 2.30. The Morgan fingerprint density at radius 2 is 1.92 bits per heavy atom. The first-order valence-electron chi connectivity index (χ1n) is 10.7. The van der Waals surface area contributed by atoms with E-state index in [1.54, 1.807) is 41.8 Å². The van der Waals surface area contributed by atoms with Crippen LogP contribution in [0.25, 0.3) is 0 Å². The summed E-state index contributed by atoms with van der Waals surface area (Å²) in [5.41, 5.74) is 0.0726. The van der Waals surface area contributed by atoms with Gasteiger partial charge in [-0.05, 0) is 49.4 Å². The lowest BCUT2D eigenvalue weighted by molar-refractivity contribution is -0.137. The summed E-state index contributed by atoms with van der Waals surface area (Å²) in [4.78, 5) is 24.1. The lowest BCUT2D eigenvalue weighted by atomic mass is 10.2. The number of esters is 1. The van der Waals surface area contributed by atoms with E-state index in [2.05, 4.69) is 22.1 Å². The summed E-state index contributed by atoms with van der Waals surface area (Å²) in [6.45, 7) is 5.87. The highest BCUT2D eigenvalue weighted by atomic mass is 32.2. The zero-order chi connectivity index (χ0) is 26.1. The molecule has 0 radical (unpaired) electrons. The minimum atomic E-state index is -4.48. The van der Waals surface area contributed by atoms with Gasteiger partial charge in [-0.3, -0.25) is 9.36 Å². The number of nitrogens with zero attached hydrogens (tertiary/aromatic N) is 3. The minimum Gasteiger partial charge on any atom is -0.486 e. The zero-order valence-corrected chi connectivity index (χ0v) is 20.1. The fraction of sp³-hybridized carbons (Fsp3) is 0.250. The Morgan fingerprint density at radius 3 is 2.58 bits per heavy atom. The third-order valence-corrected chi connectivity index (χ3v) is 5.61. The molecule has 1 N–H and O–H groups in total. The Hall–Kier alpha value is -3.80. The van der Waals surface area contributed by atoms with E-state index in [4.69, 9.17) is 9.47 Å². The second-order valence-corrected chi connectivity index (χ2v) is 8.19. The van der Waals surface area contributed by atoms with Gasteiger partial charge >= 0.3 is 12.1 Å². The fourth-order valence-corrected chi connectivity index (χ4v) is 3.75. The van der Waals surface area contributed by atoms with Crippen LogP contribution < -0.4 is 10.1 Å². The monoisotopic (exact) mass is 520 g/mol. The van der Waals surface area contributed by atoms with Crippen molar-refractivity contribution in [1.29, 1.82) is 0 Å². The van der Waals surface area contributed by atoms with Crippen LogP contribution in [0.4, 0.5) is 18.9 Å². The summed E-state index contributed by atoms with van der Waals surface area (Å²) < 4.78 is 50.8. The number of benzene rings is 2. The number of carbonyl (C=O) groups is 2. The molecule has 1 heterocycles. The van der Waals surface area contributed by atoms with Gasteiger partial charge in [0.05, 0.1) is 23.5 Å². The molecule has 1 amide bonds. The number of halogens is 3. The molecular formula is C24H23F3N4O4S. The van der Waals surface area contributed by atoms with Gasteiger partial charge in [0.1, 0.15) is 12.4 Å². The van der Waals surface area contributed by atoms with Crippen molar-refractivity contribution in [3.8, 4) is 5.75 Å². The number of amides is 1. The van der Waals surface area contributed by atoms with Crippen LogP contribution in [0.1, 0.15) is 28.7 Å². The number of aromatic nitrogens is 3. The number of alkyl halides is 3. The second-order valence-electron chi connectivity index (χ2n) is 7.25. The summed E-state index contributed by atoms with van der Waals surface area (Å²) in [5.74, 6) is -0.326. The average molecular weight is 521 g/mol. The molecule has 0 saturated carbocycles. The highest BCUT2D eigenvalue weighted by molar-refractivity contribution is 7.99. The smallest absolute Gasteiger partial charge is 0.416 e. The van der Waals surface area contributed by atoms with Crippen molar-refractivity contribution >= 4 is 29.3 Å². The summed E-state index contributed by atoms with van der Waals surface area (Å²) in [7, 11) is 0. The SMILES string of the molecule is C=CCn1c(COc2cccc(C(F)(F)F)c2)nnc1SCC(=O)Nc1ccc(C(=O)OCC)cc1. The first-order chi connectivity index (χ1) is 17.2. The van der Waals surface area contributed by atoms with Crippen molar-refractivity contribution in [3.05, 3.63) is 78.1 Å². The Kier molecular flexibility index (Phi) is 9.12. The molecule has 36 heavy (non-hydrogen) atoms. The van der Waals surface area contributed by atoms with Gasteiger partial charge in [0, 0.05) is 12.2 Å². The summed E-state index contributed by atoms with van der Waals surface area (Å²) >= 11 is 1.13. The minimum absolute atomic E-state index is 0.0173. The first-order valence-corrected chi connectivity index (χ1v) is 11.7. The molecule has 3 aromatic rings. The lowest BCUT2D eigenvalue weighted by Crippen LogP contribution is -2.15. The van der Waals surface area contributed by atoms with Crippen LogP contribution >= 0.6 is 11.8 Å². The maximum atomic E-state index is 12.9. The van der Waals surface area contributed by atoms with Crippen LogP contribution in [-0.4, -0.2) is 39.0 Å². The Balaban J connectivity index is 1.59. The van der Waals surface area contributed by atoms with Gasteiger partial charge in [-0.25, -0.2) is 4.79 Å². The maximum Gasteiger partial charge on any atom is 0.416 e. The van der Waals surface area contributed by atoms with Crippen molar-refractivity contribution in [2.24, 2.45) is 0 Å². The van der Waals surface area contributed by atoms with Gasteiger partial charge in [-0.2, -0.15) is 13.2 Å². The number of rotatable bonds is 11. The molecule has 0 spiro atoms. The number of thioether (sulfide) groups is 1. The molecular weight excluding hydrogens is 497 g/mol. The third-order valence-electron chi connectivity index (χ3n) is 4.65. The normalized spacial score (nSPS) is 11.1. The number of hydrogen-bond donors (Lipinski definition) is 1. The van der Waals surface area contributed by atoms with Gasteiger partial charge in [0.15, 0.2) is 11.0 Å². The molecule has 12 heteroatoms. The van der Waals surface area contributed by atoms with Crippen molar-refractivity contribution in [2.75, 3.05) is 17.7 Å². The number of ether oxygens (including phenoxy) is 2. The largest absolute Gasteiger partial charge is 0.486 e. The van der Waals surface area contributed by atoms with E-state index in [1.165, 1.54) is 12.1 Å². The van der Waals surface area contributed by atoms with E-state index in [0.29, 0.717) is 28.8 Å². The van der Waals surface area contributed by atoms with Crippen LogP contribution in [0.5, 0.6) is 5.75 Å². The highest BCUT2D eigenvalue weighted by Crippen LogP contribution is 2.31. The van der Waals surface area contributed by atoms with E-state index in [1.807, 2.05) is 0 Å². The van der Waals surface area contributed by atoms with Crippen molar-refractivity contribution in [3.63, 3.8) is 0 Å². The molecule has 0 fully saturated rings. The van der Waals surface area contributed by atoms with E-state index >= 15 is 0 Å². The van der Waals surface area contributed by atoms with Crippen LogP contribution in [0.2, 0.25) is 0 Å². The number of nitrogens with one attached hydrogen (secondary N) is 1. The molecule has 190 valence electrons. The molecule has 2 aromatic carbocycles. The topological polar surface area (TPSA) is 95.3 Å². The van der Waals surface area contributed by atoms with Gasteiger partial charge in [0.25, 0.3) is 0 Å². The molecule has 0 saturated heterocycles. The molecule has 0 aliphatic rings. The van der Waals surface area contributed by atoms with Gasteiger partial charge in [-0.15, -0.1) is 16.8 Å². The molecule has 8 nitrogen and oxygen atoms in total. The number of carbonyl (C=O) groups excluding carboxylic acids is 2. The molecule has 1 aromatic heterocycles. The Morgan fingerprint density at radius 1 is 1.17 bits per heavy atom. The fourth-order valence-electron chi connectivity index (χ4n) is 2.99. The molecule has 0 aliphatic carbocycles. The lowest BCUT2D eigenvalue weighted by Gasteiger charge is -2.11. The van der Waals surface area contributed by atoms with Crippen molar-refractivity contribution in [2.45, 2.75) is 31.4 Å². The van der Waals surface area contributed by atoms with Gasteiger partial charge in [-0.1, -0.05) is 23.9 Å². The number of hydrogen-bond acceptors (Lipinski definition) is 7. The second kappa shape index (κ2) is 12.2. The standard InChI is InChI=1S/C24H23F3N4O4S/c1-3-12-31-20(14-35-19-7-5-6-17(13-19)24(25,26)27)29-30-23(31)36-15-21(32)28-18-10-8-16(9-11-18)22(33)34-4-2/h3,5-11,13H,1,4,12,14-15H2,2H3,(H,28,32). The van der Waals surface area contributed by atoms with E-state index in [0.717, 1.165) is 23.9 Å². The molecule has 3 rings (SSSR count). The first kappa shape index (κ1) is 26.8. The zero-order valence-electron chi connectivity index (χ0n) is 19.2. The van der Waals surface area contributed by atoms with Crippen molar-refractivity contribution < 1.29 is 32.2 Å². The molecule has 0 unspecified atom stereocenters. The van der Waals surface area contributed by atoms with Gasteiger partial charge in [0.2, 0.25) is 5.91 Å². The number of anilines is 1. The summed E-state index contributed by atoms with van der Waals surface area (Å²) in [6, 6.07) is 10.8. The molecule has 0 bridgehead atoms. The average Bonchev–Trinajstić information content (AvgIpc) is 3.23. The van der Waals surface area contributed by atoms with Crippen molar-refractivity contribution in [1.82, 2.24) is 14.8 Å². The van der Waals surface area contributed by atoms with E-state index < -0.39 is 17.7 Å². The Bertz CT molecular complexity index is 1210. The maximum absolute atomic E-state index is 12.9. The van der Waals surface area contributed by atoms with E-state index in [9.17, 15) is 22.8 Å². The van der Waals surface area contributed by atoms with Crippen LogP contribution in [0.15, 0.2) is 66.3 Å². The predicted molar refractivity (Wildman–Crippen MR) is 128 cm³/mol. The number of allylic oxidation sites excluding steroid dienone is 1. The quantitative estimate of drug-likeness (QED) is 0.217.